The molecule has 9 heteroatoms. The lowest BCUT2D eigenvalue weighted by Gasteiger charge is -2.26. The van der Waals surface area contributed by atoms with E-state index in [9.17, 15) is 18.0 Å². The highest BCUT2D eigenvalue weighted by Gasteiger charge is 2.26. The van der Waals surface area contributed by atoms with Gasteiger partial charge in [-0.25, -0.2) is 13.2 Å². The molecule has 0 unspecified atom stereocenters. The minimum Gasteiger partial charge on any atom is -0.452 e. The third-order valence-electron chi connectivity index (χ3n) is 4.69. The summed E-state index contributed by atoms with van der Waals surface area (Å²) in [5.74, 6) is -1.09. The summed E-state index contributed by atoms with van der Waals surface area (Å²) in [5, 5.41) is 2.59. The van der Waals surface area contributed by atoms with Crippen LogP contribution >= 0.6 is 0 Å². The van der Waals surface area contributed by atoms with E-state index in [0.29, 0.717) is 37.6 Å². The number of nitrogens with zero attached hydrogens (tertiary/aromatic N) is 1. The molecule has 2 aromatic carbocycles. The van der Waals surface area contributed by atoms with Gasteiger partial charge in [-0.15, -0.1) is 0 Å². The largest absolute Gasteiger partial charge is 0.452 e. The van der Waals surface area contributed by atoms with Crippen LogP contribution in [-0.4, -0.2) is 57.5 Å². The summed E-state index contributed by atoms with van der Waals surface area (Å²) in [7, 11) is -3.60. The fourth-order valence-corrected chi connectivity index (χ4v) is 4.42. The number of aryl methyl sites for hydroxylation is 2. The molecule has 1 saturated heterocycles. The fraction of sp³-hybridized carbons (Fsp3) is 0.333. The molecule has 2 aromatic rings. The van der Waals surface area contributed by atoms with E-state index in [2.05, 4.69) is 5.32 Å². The Morgan fingerprint density at radius 1 is 1.07 bits per heavy atom. The SMILES string of the molecule is Cc1ccc(C)c(C(=O)OCC(=O)Nc2ccc(S(=O)(=O)N3CCOCC3)cc2)c1. The first-order valence-electron chi connectivity index (χ1n) is 9.49. The summed E-state index contributed by atoms with van der Waals surface area (Å²) >= 11 is 0. The van der Waals surface area contributed by atoms with E-state index in [4.69, 9.17) is 9.47 Å². The van der Waals surface area contributed by atoms with Crippen LogP contribution in [0, 0.1) is 13.8 Å². The molecule has 0 bridgehead atoms. The van der Waals surface area contributed by atoms with Gasteiger partial charge in [0.15, 0.2) is 6.61 Å². The normalized spacial score (nSPS) is 14.9. The van der Waals surface area contributed by atoms with Crippen LogP contribution in [0.4, 0.5) is 5.69 Å². The van der Waals surface area contributed by atoms with E-state index < -0.39 is 28.5 Å². The van der Waals surface area contributed by atoms with Crippen molar-refractivity contribution in [3.63, 3.8) is 0 Å². The lowest BCUT2D eigenvalue weighted by molar-refractivity contribution is -0.119. The predicted molar refractivity (Wildman–Crippen MR) is 111 cm³/mol. The van der Waals surface area contributed by atoms with Crippen molar-refractivity contribution in [3.8, 4) is 0 Å². The number of benzene rings is 2. The van der Waals surface area contributed by atoms with E-state index in [1.807, 2.05) is 19.1 Å². The Morgan fingerprint density at radius 2 is 1.73 bits per heavy atom. The molecule has 0 aliphatic carbocycles. The molecule has 160 valence electrons. The molecule has 1 amide bonds. The van der Waals surface area contributed by atoms with Crippen LogP contribution < -0.4 is 5.32 Å². The second kappa shape index (κ2) is 9.38. The van der Waals surface area contributed by atoms with Gasteiger partial charge in [0.05, 0.1) is 23.7 Å². The second-order valence-electron chi connectivity index (χ2n) is 6.98. The molecular weight excluding hydrogens is 408 g/mol. The average Bonchev–Trinajstić information content (AvgIpc) is 2.75. The van der Waals surface area contributed by atoms with Gasteiger partial charge >= 0.3 is 5.97 Å². The molecule has 30 heavy (non-hydrogen) atoms. The number of rotatable bonds is 6. The molecule has 1 aliphatic heterocycles. The van der Waals surface area contributed by atoms with E-state index in [-0.39, 0.29) is 4.90 Å². The van der Waals surface area contributed by atoms with Gasteiger partial charge in [-0.05, 0) is 49.7 Å². The summed E-state index contributed by atoms with van der Waals surface area (Å²) in [5.41, 5.74) is 2.51. The summed E-state index contributed by atoms with van der Waals surface area (Å²) < 4.78 is 36.9. The predicted octanol–water partition coefficient (Wildman–Crippen LogP) is 2.12. The quantitative estimate of drug-likeness (QED) is 0.702. The molecule has 0 spiro atoms. The van der Waals surface area contributed by atoms with Gasteiger partial charge in [0, 0.05) is 18.8 Å². The van der Waals surface area contributed by atoms with Crippen molar-refractivity contribution < 1.29 is 27.5 Å². The summed E-state index contributed by atoms with van der Waals surface area (Å²) in [6.07, 6.45) is 0. The van der Waals surface area contributed by atoms with Crippen LogP contribution in [0.5, 0.6) is 0 Å². The number of hydrogen-bond donors (Lipinski definition) is 1. The lowest BCUT2D eigenvalue weighted by atomic mass is 10.1. The molecule has 1 N–H and O–H groups in total. The standard InChI is InChI=1S/C21H24N2O6S/c1-15-3-4-16(2)19(13-15)21(25)29-14-20(24)22-17-5-7-18(8-6-17)30(26,27)23-9-11-28-12-10-23/h3-8,13H,9-12,14H2,1-2H3,(H,22,24). The topological polar surface area (TPSA) is 102 Å². The highest BCUT2D eigenvalue weighted by atomic mass is 32.2. The smallest absolute Gasteiger partial charge is 0.338 e. The number of anilines is 1. The number of carbonyl (C=O) groups excluding carboxylic acids is 2. The van der Waals surface area contributed by atoms with Crippen LogP contribution in [0.3, 0.4) is 0 Å². The van der Waals surface area contributed by atoms with E-state index in [1.165, 1.54) is 28.6 Å². The Kier molecular flexibility index (Phi) is 6.86. The third-order valence-corrected chi connectivity index (χ3v) is 6.61. The Bertz CT molecular complexity index is 1030. The molecule has 0 saturated carbocycles. The first-order chi connectivity index (χ1) is 14.3. The zero-order chi connectivity index (χ0) is 21.7. The first kappa shape index (κ1) is 21.9. The molecular formula is C21H24N2O6S. The van der Waals surface area contributed by atoms with Crippen LogP contribution in [0.25, 0.3) is 0 Å². The van der Waals surface area contributed by atoms with E-state index in [1.54, 1.807) is 13.0 Å². The molecule has 1 heterocycles. The lowest BCUT2D eigenvalue weighted by Crippen LogP contribution is -2.40. The number of hydrogen-bond acceptors (Lipinski definition) is 6. The second-order valence-corrected chi connectivity index (χ2v) is 8.92. The molecule has 8 nitrogen and oxygen atoms in total. The Balaban J connectivity index is 1.57. The number of sulfonamides is 1. The summed E-state index contributed by atoms with van der Waals surface area (Å²) in [6.45, 7) is 4.58. The maximum Gasteiger partial charge on any atom is 0.338 e. The average molecular weight is 432 g/mol. The zero-order valence-corrected chi connectivity index (χ0v) is 17.7. The number of amides is 1. The molecule has 0 radical (unpaired) electrons. The third kappa shape index (κ3) is 5.24. The van der Waals surface area contributed by atoms with Crippen molar-refractivity contribution in [2.75, 3.05) is 38.2 Å². The number of ether oxygens (including phenoxy) is 2. The minimum atomic E-state index is -3.60. The maximum atomic E-state index is 12.6. The van der Waals surface area contributed by atoms with E-state index >= 15 is 0 Å². The molecule has 3 rings (SSSR count). The van der Waals surface area contributed by atoms with Crippen molar-refractivity contribution in [2.45, 2.75) is 18.7 Å². The number of nitrogens with one attached hydrogen (secondary N) is 1. The highest BCUT2D eigenvalue weighted by molar-refractivity contribution is 7.89. The zero-order valence-electron chi connectivity index (χ0n) is 16.9. The Morgan fingerprint density at radius 3 is 2.40 bits per heavy atom. The number of esters is 1. The van der Waals surface area contributed by atoms with Crippen molar-refractivity contribution >= 4 is 27.6 Å². The van der Waals surface area contributed by atoms with Gasteiger partial charge in [0.25, 0.3) is 5.91 Å². The minimum absolute atomic E-state index is 0.142. The van der Waals surface area contributed by atoms with Crippen molar-refractivity contribution in [2.24, 2.45) is 0 Å². The van der Waals surface area contributed by atoms with Gasteiger partial charge in [-0.1, -0.05) is 17.7 Å². The molecule has 0 aromatic heterocycles. The first-order valence-corrected chi connectivity index (χ1v) is 10.9. The molecule has 0 atom stereocenters. The van der Waals surface area contributed by atoms with Crippen LogP contribution in [0.15, 0.2) is 47.4 Å². The molecule has 1 aliphatic rings. The monoisotopic (exact) mass is 432 g/mol. The van der Waals surface area contributed by atoms with Crippen molar-refractivity contribution in [3.05, 3.63) is 59.2 Å². The number of carbonyl (C=O) groups is 2. The van der Waals surface area contributed by atoms with Gasteiger partial charge in [-0.3, -0.25) is 4.79 Å². The van der Waals surface area contributed by atoms with Crippen LogP contribution in [-0.2, 0) is 24.3 Å². The highest BCUT2D eigenvalue weighted by Crippen LogP contribution is 2.19. The van der Waals surface area contributed by atoms with Gasteiger partial charge in [-0.2, -0.15) is 4.31 Å². The van der Waals surface area contributed by atoms with Gasteiger partial charge in [0.1, 0.15) is 0 Å². The van der Waals surface area contributed by atoms with Crippen LogP contribution in [0.2, 0.25) is 0 Å². The van der Waals surface area contributed by atoms with Gasteiger partial charge < -0.3 is 14.8 Å². The van der Waals surface area contributed by atoms with Crippen molar-refractivity contribution in [1.29, 1.82) is 0 Å². The van der Waals surface area contributed by atoms with E-state index in [0.717, 1.165) is 11.1 Å². The van der Waals surface area contributed by atoms with Gasteiger partial charge in [0.2, 0.25) is 10.0 Å². The van der Waals surface area contributed by atoms with Crippen LogP contribution in [0.1, 0.15) is 21.5 Å². The summed E-state index contributed by atoms with van der Waals surface area (Å²) in [6, 6.07) is 11.3. The van der Waals surface area contributed by atoms with Crippen molar-refractivity contribution in [1.82, 2.24) is 4.31 Å². The summed E-state index contributed by atoms with van der Waals surface area (Å²) in [4.78, 5) is 24.4. The molecule has 1 fully saturated rings. The Labute approximate surface area is 175 Å². The maximum absolute atomic E-state index is 12.6. The Hall–Kier alpha value is -2.75. The number of morpholine rings is 1. The fourth-order valence-electron chi connectivity index (χ4n) is 3.01.